The van der Waals surface area contributed by atoms with Gasteiger partial charge in [-0.15, -0.1) is 0 Å². The summed E-state index contributed by atoms with van der Waals surface area (Å²) in [5.41, 5.74) is -0.236. The third-order valence-electron chi connectivity index (χ3n) is 9.22. The lowest BCUT2D eigenvalue weighted by atomic mass is 9.85. The summed E-state index contributed by atoms with van der Waals surface area (Å²) in [6.45, 7) is 13.4. The molecule has 0 bridgehead atoms. The number of hydrogen-bond donors (Lipinski definition) is 2. The van der Waals surface area contributed by atoms with Gasteiger partial charge < -0.3 is 20.4 Å². The van der Waals surface area contributed by atoms with Gasteiger partial charge in [0, 0.05) is 35.8 Å². The van der Waals surface area contributed by atoms with E-state index in [1.807, 2.05) is 39.8 Å². The molecule has 1 aliphatic carbocycles. The molecule has 2 fully saturated rings. The fourth-order valence-electron chi connectivity index (χ4n) is 6.64. The highest BCUT2D eigenvalue weighted by atomic mass is 35.5. The lowest BCUT2D eigenvalue weighted by Crippen LogP contribution is -2.59. The second-order valence-electron chi connectivity index (χ2n) is 14.7. The number of rotatable bonds is 13. The Balaban J connectivity index is 1.61. The molecular formula is C35H49ClN4O6. The van der Waals surface area contributed by atoms with E-state index in [2.05, 4.69) is 29.6 Å². The van der Waals surface area contributed by atoms with Gasteiger partial charge >= 0.3 is 0 Å². The maximum Gasteiger partial charge on any atom is 0.246 e. The van der Waals surface area contributed by atoms with Gasteiger partial charge in [0.25, 0.3) is 0 Å². The molecule has 1 aromatic rings. The quantitative estimate of drug-likeness (QED) is 0.292. The molecule has 2 N–H and O–H groups in total. The van der Waals surface area contributed by atoms with E-state index in [9.17, 15) is 24.0 Å². The van der Waals surface area contributed by atoms with Crippen molar-refractivity contribution in [3.63, 3.8) is 0 Å². The number of carbonyl (C=O) groups excluding carboxylic acids is 5. The van der Waals surface area contributed by atoms with Gasteiger partial charge in [0.05, 0.1) is 18.3 Å². The number of nitrogens with zero attached hydrogens (tertiary/aromatic N) is 2. The SMILES string of the molecule is CCC[C@H](NC(=O)[C@@H]1C[C@]2(CC(c3cccc(Cl)c3)=NO2)CN1C(=O)[C@@H](NC(=O)[C@@H]1C[C@H]1CC(C)C)C(C)(C)C)C(=O)C(=O)CC. The van der Waals surface area contributed by atoms with Gasteiger partial charge in [-0.25, -0.2) is 0 Å². The van der Waals surface area contributed by atoms with Crippen LogP contribution in [-0.2, 0) is 28.8 Å². The molecule has 2 aliphatic heterocycles. The average Bonchev–Trinajstić information content (AvgIpc) is 3.46. The fourth-order valence-corrected chi connectivity index (χ4v) is 6.83. The van der Waals surface area contributed by atoms with Crippen LogP contribution in [0.15, 0.2) is 29.4 Å². The number of halogens is 1. The number of hydrogen-bond acceptors (Lipinski definition) is 7. The molecule has 0 unspecified atom stereocenters. The first kappa shape index (κ1) is 35.6. The minimum Gasteiger partial charge on any atom is -0.387 e. The van der Waals surface area contributed by atoms with Crippen molar-refractivity contribution >= 4 is 46.6 Å². The Morgan fingerprint density at radius 1 is 1.11 bits per heavy atom. The minimum absolute atomic E-state index is 0.0372. The number of nitrogens with one attached hydrogen (secondary N) is 2. The Hall–Kier alpha value is -3.27. The van der Waals surface area contributed by atoms with Crippen molar-refractivity contribution in [2.45, 2.75) is 117 Å². The zero-order valence-electron chi connectivity index (χ0n) is 28.2. The van der Waals surface area contributed by atoms with Crippen LogP contribution in [0, 0.1) is 23.2 Å². The first-order chi connectivity index (χ1) is 21.6. The second-order valence-corrected chi connectivity index (χ2v) is 15.2. The van der Waals surface area contributed by atoms with Crippen LogP contribution in [0.1, 0.15) is 99.0 Å². The maximum atomic E-state index is 14.5. The maximum absolute atomic E-state index is 14.5. The van der Waals surface area contributed by atoms with Crippen LogP contribution in [0.4, 0.5) is 0 Å². The highest BCUT2D eigenvalue weighted by Crippen LogP contribution is 2.44. The standard InChI is InChI=1S/C35H49ClN4O6/c1-8-11-25(29(42)28(41)9-2)37-32(44)27-18-35(17-26(39-46-35)21-12-10-13-23(36)15-21)19-40(27)33(45)30(34(5,6)7)38-31(43)24-16-22(24)14-20(3)4/h10,12-13,15,20,22,24-25,27,30H,8-9,11,14,16-19H2,1-7H3,(H,37,44)(H,38,43)/t22-,24-,25+,27+,30-,35-/m1/s1. The Morgan fingerprint density at radius 3 is 2.43 bits per heavy atom. The van der Waals surface area contributed by atoms with Crippen molar-refractivity contribution in [1.29, 1.82) is 0 Å². The third kappa shape index (κ3) is 8.17. The molecule has 0 radical (unpaired) electrons. The zero-order valence-corrected chi connectivity index (χ0v) is 28.9. The normalized spacial score (nSPS) is 25.1. The van der Waals surface area contributed by atoms with E-state index in [1.165, 1.54) is 4.90 Å². The number of amides is 3. The summed E-state index contributed by atoms with van der Waals surface area (Å²) in [4.78, 5) is 74.5. The first-order valence-electron chi connectivity index (χ1n) is 16.6. The number of oxime groups is 1. The summed E-state index contributed by atoms with van der Waals surface area (Å²) >= 11 is 6.23. The predicted molar refractivity (Wildman–Crippen MR) is 176 cm³/mol. The molecule has 46 heavy (non-hydrogen) atoms. The lowest BCUT2D eigenvalue weighted by molar-refractivity contribution is -0.145. The fraction of sp³-hybridized carbons (Fsp3) is 0.657. The molecule has 2 heterocycles. The number of carbonyl (C=O) groups is 5. The molecule has 1 saturated heterocycles. The van der Waals surface area contributed by atoms with Crippen molar-refractivity contribution in [2.75, 3.05) is 6.54 Å². The predicted octanol–water partition coefficient (Wildman–Crippen LogP) is 4.85. The van der Waals surface area contributed by atoms with Gasteiger partial charge in [-0.1, -0.05) is 83.8 Å². The van der Waals surface area contributed by atoms with E-state index < -0.39 is 52.5 Å². The summed E-state index contributed by atoms with van der Waals surface area (Å²) in [6, 6.07) is 4.32. The summed E-state index contributed by atoms with van der Waals surface area (Å²) < 4.78 is 0. The molecule has 4 rings (SSSR count). The Kier molecular flexibility index (Phi) is 11.0. The van der Waals surface area contributed by atoms with Gasteiger partial charge in [0.2, 0.25) is 23.5 Å². The largest absolute Gasteiger partial charge is 0.387 e. The first-order valence-corrected chi connectivity index (χ1v) is 17.0. The zero-order chi connectivity index (χ0) is 34.0. The van der Waals surface area contributed by atoms with E-state index in [4.69, 9.17) is 16.4 Å². The second kappa shape index (κ2) is 14.2. The van der Waals surface area contributed by atoms with Crippen LogP contribution in [0.2, 0.25) is 5.02 Å². The van der Waals surface area contributed by atoms with Crippen molar-refractivity contribution in [3.05, 3.63) is 34.9 Å². The van der Waals surface area contributed by atoms with Crippen LogP contribution >= 0.6 is 11.6 Å². The summed E-state index contributed by atoms with van der Waals surface area (Å²) in [6.07, 6.45) is 3.11. The van der Waals surface area contributed by atoms with Crippen LogP contribution in [0.5, 0.6) is 0 Å². The minimum atomic E-state index is -1.01. The monoisotopic (exact) mass is 656 g/mol. The van der Waals surface area contributed by atoms with E-state index in [0.717, 1.165) is 18.4 Å². The molecule has 3 amide bonds. The van der Waals surface area contributed by atoms with Crippen molar-refractivity contribution in [2.24, 2.45) is 28.3 Å². The van der Waals surface area contributed by atoms with E-state index in [1.54, 1.807) is 19.1 Å². The van der Waals surface area contributed by atoms with Crippen LogP contribution in [-0.4, -0.2) is 70.2 Å². The third-order valence-corrected chi connectivity index (χ3v) is 9.46. The lowest BCUT2D eigenvalue weighted by Gasteiger charge is -2.35. The molecule has 252 valence electrons. The molecule has 6 atom stereocenters. The van der Waals surface area contributed by atoms with Gasteiger partial charge in [0.1, 0.15) is 12.1 Å². The molecule has 1 saturated carbocycles. The Labute approximate surface area is 277 Å². The summed E-state index contributed by atoms with van der Waals surface area (Å²) in [7, 11) is 0. The molecule has 10 nitrogen and oxygen atoms in total. The summed E-state index contributed by atoms with van der Waals surface area (Å²) in [5, 5.41) is 10.7. The molecular weight excluding hydrogens is 608 g/mol. The Morgan fingerprint density at radius 2 is 1.83 bits per heavy atom. The molecule has 0 aromatic heterocycles. The van der Waals surface area contributed by atoms with Crippen LogP contribution in [0.3, 0.4) is 0 Å². The van der Waals surface area contributed by atoms with Crippen LogP contribution < -0.4 is 10.6 Å². The van der Waals surface area contributed by atoms with Gasteiger partial charge in [-0.2, -0.15) is 0 Å². The van der Waals surface area contributed by atoms with Gasteiger partial charge in [-0.05, 0) is 48.6 Å². The molecule has 1 spiro atoms. The van der Waals surface area contributed by atoms with Gasteiger partial charge in [0.15, 0.2) is 11.4 Å². The molecule has 11 heteroatoms. The smallest absolute Gasteiger partial charge is 0.246 e. The number of likely N-dealkylation sites (tertiary alicyclic amines) is 1. The van der Waals surface area contributed by atoms with Crippen molar-refractivity contribution < 1.29 is 28.8 Å². The van der Waals surface area contributed by atoms with Gasteiger partial charge in [-0.3, -0.25) is 24.0 Å². The topological polar surface area (TPSA) is 134 Å². The highest BCUT2D eigenvalue weighted by Gasteiger charge is 2.56. The molecule has 1 aromatic carbocycles. The number of ketones is 2. The van der Waals surface area contributed by atoms with E-state index >= 15 is 0 Å². The Bertz CT molecular complexity index is 1390. The average molecular weight is 657 g/mol. The van der Waals surface area contributed by atoms with Crippen molar-refractivity contribution in [3.8, 4) is 0 Å². The van der Waals surface area contributed by atoms with E-state index in [0.29, 0.717) is 41.8 Å². The van der Waals surface area contributed by atoms with E-state index in [-0.39, 0.29) is 31.2 Å². The van der Waals surface area contributed by atoms with Crippen molar-refractivity contribution in [1.82, 2.24) is 15.5 Å². The van der Waals surface area contributed by atoms with Crippen LogP contribution in [0.25, 0.3) is 0 Å². The number of Topliss-reactive ketones (excluding diaryl/α,β-unsaturated/α-hetero) is 2. The molecule has 3 aliphatic rings. The highest BCUT2D eigenvalue weighted by molar-refractivity contribution is 6.39. The number of benzene rings is 1. The summed E-state index contributed by atoms with van der Waals surface area (Å²) in [5.74, 6) is -1.65.